The van der Waals surface area contributed by atoms with Crippen LogP contribution in [-0.2, 0) is 6.54 Å². The quantitative estimate of drug-likeness (QED) is 0.769. The van der Waals surface area contributed by atoms with Crippen LogP contribution in [0.3, 0.4) is 0 Å². The van der Waals surface area contributed by atoms with E-state index in [4.69, 9.17) is 0 Å². The zero-order valence-electron chi connectivity index (χ0n) is 11.6. The van der Waals surface area contributed by atoms with E-state index in [0.717, 1.165) is 17.1 Å². The summed E-state index contributed by atoms with van der Waals surface area (Å²) in [5.41, 5.74) is 2.45. The van der Waals surface area contributed by atoms with Gasteiger partial charge in [0.05, 0.1) is 0 Å². The Bertz CT molecular complexity index is 751. The Morgan fingerprint density at radius 1 is 1.14 bits per heavy atom. The van der Waals surface area contributed by atoms with Gasteiger partial charge >= 0.3 is 0 Å². The third-order valence-corrected chi connectivity index (χ3v) is 3.16. The lowest BCUT2D eigenvalue weighted by Crippen LogP contribution is -2.01. The first-order valence-electron chi connectivity index (χ1n) is 6.69. The van der Waals surface area contributed by atoms with E-state index in [-0.39, 0.29) is 5.82 Å². The van der Waals surface area contributed by atoms with E-state index in [0.29, 0.717) is 17.9 Å². The highest BCUT2D eigenvalue weighted by atomic mass is 19.1. The highest BCUT2D eigenvalue weighted by Crippen LogP contribution is 2.20. The molecule has 106 valence electrons. The minimum Gasteiger partial charge on any atom is -0.381 e. The van der Waals surface area contributed by atoms with Gasteiger partial charge < -0.3 is 5.32 Å². The number of nitrogens with one attached hydrogen (secondary N) is 2. The highest BCUT2D eigenvalue weighted by molar-refractivity contribution is 5.62. The van der Waals surface area contributed by atoms with Gasteiger partial charge in [0.15, 0.2) is 5.82 Å². The van der Waals surface area contributed by atoms with Crippen LogP contribution in [-0.4, -0.2) is 15.2 Å². The first kappa shape index (κ1) is 13.3. The van der Waals surface area contributed by atoms with Crippen LogP contribution in [0.2, 0.25) is 0 Å². The summed E-state index contributed by atoms with van der Waals surface area (Å²) in [6.07, 6.45) is 0. The van der Waals surface area contributed by atoms with Gasteiger partial charge in [0, 0.05) is 23.4 Å². The highest BCUT2D eigenvalue weighted by Gasteiger charge is 2.05. The number of hydrogen-bond acceptors (Lipinski definition) is 3. The van der Waals surface area contributed by atoms with Crippen molar-refractivity contribution in [2.24, 2.45) is 0 Å². The number of nitrogens with zero attached hydrogens (tertiary/aromatic N) is 2. The molecule has 0 unspecified atom stereocenters. The van der Waals surface area contributed by atoms with Gasteiger partial charge in [-0.2, -0.15) is 5.10 Å². The number of anilines is 1. The molecule has 3 aromatic rings. The molecule has 5 heteroatoms. The predicted octanol–water partition coefficient (Wildman–Crippen LogP) is 3.53. The number of rotatable bonds is 4. The lowest BCUT2D eigenvalue weighted by Gasteiger charge is -2.08. The van der Waals surface area contributed by atoms with Gasteiger partial charge in [-0.3, -0.25) is 5.10 Å². The van der Waals surface area contributed by atoms with Crippen molar-refractivity contribution >= 4 is 5.69 Å². The lowest BCUT2D eigenvalue weighted by atomic mass is 10.1. The average Bonchev–Trinajstić information content (AvgIpc) is 2.93. The third-order valence-electron chi connectivity index (χ3n) is 3.16. The Morgan fingerprint density at radius 2 is 2.00 bits per heavy atom. The van der Waals surface area contributed by atoms with E-state index < -0.39 is 0 Å². The topological polar surface area (TPSA) is 53.6 Å². The van der Waals surface area contributed by atoms with E-state index >= 15 is 0 Å². The second-order valence-electron chi connectivity index (χ2n) is 4.77. The Labute approximate surface area is 122 Å². The van der Waals surface area contributed by atoms with E-state index in [1.807, 2.05) is 37.3 Å². The summed E-state index contributed by atoms with van der Waals surface area (Å²) in [6, 6.07) is 14.5. The maximum Gasteiger partial charge on any atom is 0.181 e. The number of hydrogen-bond donors (Lipinski definition) is 2. The molecule has 0 aliphatic heterocycles. The summed E-state index contributed by atoms with van der Waals surface area (Å²) >= 11 is 0. The molecule has 0 aliphatic carbocycles. The summed E-state index contributed by atoms with van der Waals surface area (Å²) < 4.78 is 13.6. The number of aromatic amines is 1. The molecule has 0 spiro atoms. The zero-order valence-corrected chi connectivity index (χ0v) is 11.6. The molecule has 21 heavy (non-hydrogen) atoms. The van der Waals surface area contributed by atoms with Crippen molar-refractivity contribution in [1.82, 2.24) is 15.2 Å². The molecule has 0 aliphatic rings. The maximum atomic E-state index is 13.6. The lowest BCUT2D eigenvalue weighted by molar-refractivity contribution is 0.613. The van der Waals surface area contributed by atoms with Crippen LogP contribution < -0.4 is 5.32 Å². The van der Waals surface area contributed by atoms with Crippen LogP contribution in [0, 0.1) is 12.7 Å². The average molecular weight is 282 g/mol. The zero-order chi connectivity index (χ0) is 14.7. The summed E-state index contributed by atoms with van der Waals surface area (Å²) in [6.45, 7) is 2.29. The molecule has 0 amide bonds. The molecule has 0 saturated carbocycles. The molecule has 1 heterocycles. The molecule has 0 saturated heterocycles. The van der Waals surface area contributed by atoms with Gasteiger partial charge in [0.2, 0.25) is 0 Å². The standard InChI is InChI=1S/C16H15FN4/c1-11-19-16(21-20-11)12-6-4-7-14(9-12)18-10-13-5-2-3-8-15(13)17/h2-9,18H,10H2,1H3,(H,19,20,21). The van der Waals surface area contributed by atoms with Crippen molar-refractivity contribution in [1.29, 1.82) is 0 Å². The molecule has 1 aromatic heterocycles. The monoisotopic (exact) mass is 282 g/mol. The largest absolute Gasteiger partial charge is 0.381 e. The molecule has 2 N–H and O–H groups in total. The van der Waals surface area contributed by atoms with Gasteiger partial charge in [-0.05, 0) is 25.1 Å². The number of H-pyrrole nitrogens is 1. The molecule has 3 rings (SSSR count). The summed E-state index contributed by atoms with van der Waals surface area (Å²) in [5, 5.41) is 10.2. The third kappa shape index (κ3) is 3.08. The molecule has 0 bridgehead atoms. The Kier molecular flexibility index (Phi) is 3.64. The van der Waals surface area contributed by atoms with Gasteiger partial charge in [0.1, 0.15) is 11.6 Å². The van der Waals surface area contributed by atoms with Gasteiger partial charge in [-0.1, -0.05) is 30.3 Å². The molecular weight excluding hydrogens is 267 g/mol. The molecule has 0 fully saturated rings. The normalized spacial score (nSPS) is 10.6. The minimum atomic E-state index is -0.203. The first-order chi connectivity index (χ1) is 10.2. The van der Waals surface area contributed by atoms with Crippen LogP contribution in [0.25, 0.3) is 11.4 Å². The molecular formula is C16H15FN4. The van der Waals surface area contributed by atoms with Gasteiger partial charge in [0.25, 0.3) is 0 Å². The summed E-state index contributed by atoms with van der Waals surface area (Å²) in [5.74, 6) is 1.22. The second-order valence-corrected chi connectivity index (χ2v) is 4.77. The number of benzene rings is 2. The number of aryl methyl sites for hydroxylation is 1. The van der Waals surface area contributed by atoms with Crippen molar-refractivity contribution in [2.75, 3.05) is 5.32 Å². The van der Waals surface area contributed by atoms with Crippen LogP contribution in [0.15, 0.2) is 48.5 Å². The van der Waals surface area contributed by atoms with E-state index in [2.05, 4.69) is 20.5 Å². The molecule has 0 atom stereocenters. The van der Waals surface area contributed by atoms with E-state index in [1.165, 1.54) is 6.07 Å². The first-order valence-corrected chi connectivity index (χ1v) is 6.69. The smallest absolute Gasteiger partial charge is 0.181 e. The maximum absolute atomic E-state index is 13.6. The summed E-state index contributed by atoms with van der Waals surface area (Å²) in [4.78, 5) is 4.30. The summed E-state index contributed by atoms with van der Waals surface area (Å²) in [7, 11) is 0. The van der Waals surface area contributed by atoms with Crippen molar-refractivity contribution in [3.63, 3.8) is 0 Å². The Balaban J connectivity index is 1.76. The Morgan fingerprint density at radius 3 is 2.76 bits per heavy atom. The van der Waals surface area contributed by atoms with Crippen molar-refractivity contribution in [2.45, 2.75) is 13.5 Å². The molecule has 0 radical (unpaired) electrons. The fourth-order valence-electron chi connectivity index (χ4n) is 2.08. The number of aromatic nitrogens is 3. The van der Waals surface area contributed by atoms with Crippen molar-refractivity contribution < 1.29 is 4.39 Å². The van der Waals surface area contributed by atoms with E-state index in [1.54, 1.807) is 12.1 Å². The molecule has 2 aromatic carbocycles. The number of halogens is 1. The molecule has 4 nitrogen and oxygen atoms in total. The van der Waals surface area contributed by atoms with Gasteiger partial charge in [-0.25, -0.2) is 9.37 Å². The fraction of sp³-hybridized carbons (Fsp3) is 0.125. The minimum absolute atomic E-state index is 0.203. The van der Waals surface area contributed by atoms with E-state index in [9.17, 15) is 4.39 Å². The van der Waals surface area contributed by atoms with Gasteiger partial charge in [-0.15, -0.1) is 0 Å². The predicted molar refractivity (Wildman–Crippen MR) is 80.3 cm³/mol. The fourth-order valence-corrected chi connectivity index (χ4v) is 2.08. The van der Waals surface area contributed by atoms with Crippen LogP contribution in [0.4, 0.5) is 10.1 Å². The van der Waals surface area contributed by atoms with Crippen LogP contribution >= 0.6 is 0 Å². The van der Waals surface area contributed by atoms with Crippen LogP contribution in [0.5, 0.6) is 0 Å². The SMILES string of the molecule is Cc1nc(-c2cccc(NCc3ccccc3F)c2)n[nH]1. The van der Waals surface area contributed by atoms with Crippen LogP contribution in [0.1, 0.15) is 11.4 Å². The van der Waals surface area contributed by atoms with Crippen molar-refractivity contribution in [3.05, 3.63) is 65.7 Å². The second kappa shape index (κ2) is 5.75. The Hall–Kier alpha value is -2.69. The van der Waals surface area contributed by atoms with Crippen molar-refractivity contribution in [3.8, 4) is 11.4 Å².